The van der Waals surface area contributed by atoms with Crippen molar-refractivity contribution in [2.24, 2.45) is 5.10 Å². The SMILES string of the molecule is [O-]C1=N[N+]2(CCCCC2)CC1O. The summed E-state index contributed by atoms with van der Waals surface area (Å²) in [7, 11) is 0. The molecule has 1 atom stereocenters. The summed E-state index contributed by atoms with van der Waals surface area (Å²) in [6, 6.07) is 0. The van der Waals surface area contributed by atoms with Gasteiger partial charge >= 0.3 is 0 Å². The van der Waals surface area contributed by atoms with Crippen LogP contribution in [0.25, 0.3) is 0 Å². The summed E-state index contributed by atoms with van der Waals surface area (Å²) < 4.78 is 0.500. The van der Waals surface area contributed by atoms with Crippen LogP contribution in [0.15, 0.2) is 5.10 Å². The van der Waals surface area contributed by atoms with Crippen molar-refractivity contribution in [1.82, 2.24) is 0 Å². The van der Waals surface area contributed by atoms with Gasteiger partial charge < -0.3 is 10.2 Å². The molecule has 1 N–H and O–H groups in total. The van der Waals surface area contributed by atoms with Crippen molar-refractivity contribution in [3.63, 3.8) is 0 Å². The van der Waals surface area contributed by atoms with Crippen LogP contribution in [0.1, 0.15) is 19.3 Å². The third-order valence-corrected chi connectivity index (χ3v) is 2.76. The van der Waals surface area contributed by atoms with Gasteiger partial charge in [-0.25, -0.2) is 0 Å². The van der Waals surface area contributed by atoms with E-state index in [-0.39, 0.29) is 5.90 Å². The van der Waals surface area contributed by atoms with Crippen LogP contribution in [-0.2, 0) is 0 Å². The summed E-state index contributed by atoms with van der Waals surface area (Å²) in [6.45, 7) is 2.38. The monoisotopic (exact) mass is 170 g/mol. The minimum atomic E-state index is -0.830. The van der Waals surface area contributed by atoms with Crippen LogP contribution in [-0.4, -0.2) is 41.3 Å². The minimum absolute atomic E-state index is 0.322. The lowest BCUT2D eigenvalue weighted by molar-refractivity contribution is -0.935. The zero-order valence-electron chi connectivity index (χ0n) is 7.07. The lowest BCUT2D eigenvalue weighted by Crippen LogP contribution is -2.47. The number of quaternary nitrogens is 1. The number of hydrogen-bond donors (Lipinski definition) is 1. The van der Waals surface area contributed by atoms with Crippen molar-refractivity contribution in [3.05, 3.63) is 0 Å². The summed E-state index contributed by atoms with van der Waals surface area (Å²) in [5.74, 6) is -0.322. The van der Waals surface area contributed by atoms with Gasteiger partial charge in [-0.1, -0.05) is 0 Å². The lowest BCUT2D eigenvalue weighted by Gasteiger charge is -2.32. The van der Waals surface area contributed by atoms with Crippen molar-refractivity contribution in [2.75, 3.05) is 19.6 Å². The molecule has 4 nitrogen and oxygen atoms in total. The molecular formula is C8H14N2O2. The number of aliphatic hydroxyl groups is 1. The van der Waals surface area contributed by atoms with Gasteiger partial charge in [-0.3, -0.25) is 0 Å². The van der Waals surface area contributed by atoms with Crippen molar-refractivity contribution in [3.8, 4) is 0 Å². The van der Waals surface area contributed by atoms with Crippen molar-refractivity contribution >= 4 is 5.90 Å². The standard InChI is InChI=1S/C8H14N2O2/c11-7-6-10(9-8(7)12)4-2-1-3-5-10/h7,11H,1-6H2. The molecule has 1 unspecified atom stereocenters. The Bertz CT molecular complexity index is 209. The van der Waals surface area contributed by atoms with Crippen LogP contribution in [0.4, 0.5) is 0 Å². The fourth-order valence-electron chi connectivity index (χ4n) is 2.10. The first-order chi connectivity index (χ1) is 5.72. The van der Waals surface area contributed by atoms with E-state index in [0.29, 0.717) is 11.1 Å². The summed E-state index contributed by atoms with van der Waals surface area (Å²) in [6.07, 6.45) is 2.66. The number of nitrogens with zero attached hydrogens (tertiary/aromatic N) is 2. The predicted octanol–water partition coefficient (Wildman–Crippen LogP) is -0.965. The highest BCUT2D eigenvalue weighted by molar-refractivity contribution is 5.76. The Labute approximate surface area is 71.7 Å². The van der Waals surface area contributed by atoms with Crippen molar-refractivity contribution in [1.29, 1.82) is 0 Å². The third kappa shape index (κ3) is 1.21. The van der Waals surface area contributed by atoms with Crippen LogP contribution in [0.2, 0.25) is 0 Å². The average Bonchev–Trinajstić information content (AvgIpc) is 2.29. The van der Waals surface area contributed by atoms with Gasteiger partial charge in [-0.2, -0.15) is 4.59 Å². The van der Waals surface area contributed by atoms with Gasteiger partial charge in [0.05, 0.1) is 5.90 Å². The molecule has 2 rings (SSSR count). The Morgan fingerprint density at radius 1 is 1.33 bits per heavy atom. The van der Waals surface area contributed by atoms with E-state index in [4.69, 9.17) is 0 Å². The van der Waals surface area contributed by atoms with Gasteiger partial charge in [0.25, 0.3) is 0 Å². The third-order valence-electron chi connectivity index (χ3n) is 2.76. The second-order valence-electron chi connectivity index (χ2n) is 3.74. The highest BCUT2D eigenvalue weighted by Gasteiger charge is 2.37. The molecule has 2 aliphatic heterocycles. The molecule has 0 aromatic heterocycles. The molecule has 2 heterocycles. The fraction of sp³-hybridized carbons (Fsp3) is 0.875. The molecule has 1 saturated heterocycles. The molecule has 12 heavy (non-hydrogen) atoms. The minimum Gasteiger partial charge on any atom is -0.856 e. The van der Waals surface area contributed by atoms with E-state index >= 15 is 0 Å². The smallest absolute Gasteiger partial charge is 0.138 e. The van der Waals surface area contributed by atoms with E-state index in [1.54, 1.807) is 0 Å². The number of piperidine rings is 1. The first kappa shape index (κ1) is 8.01. The van der Waals surface area contributed by atoms with Gasteiger partial charge in [0.15, 0.2) is 0 Å². The summed E-state index contributed by atoms with van der Waals surface area (Å²) in [4.78, 5) is 0. The molecule has 0 saturated carbocycles. The zero-order chi connectivity index (χ0) is 8.60. The molecule has 2 aliphatic rings. The summed E-state index contributed by atoms with van der Waals surface area (Å²) >= 11 is 0. The Balaban J connectivity index is 2.12. The first-order valence-electron chi connectivity index (χ1n) is 4.53. The Morgan fingerprint density at radius 3 is 2.50 bits per heavy atom. The largest absolute Gasteiger partial charge is 0.856 e. The number of hydrogen-bond acceptors (Lipinski definition) is 3. The van der Waals surface area contributed by atoms with Crippen molar-refractivity contribution in [2.45, 2.75) is 25.4 Å². The molecule has 68 valence electrons. The van der Waals surface area contributed by atoms with E-state index in [1.165, 1.54) is 6.42 Å². The van der Waals surface area contributed by atoms with E-state index in [0.717, 1.165) is 25.9 Å². The van der Waals surface area contributed by atoms with Crippen LogP contribution in [0.5, 0.6) is 0 Å². The molecule has 0 aromatic carbocycles. The molecule has 0 amide bonds. The molecule has 0 bridgehead atoms. The van der Waals surface area contributed by atoms with Gasteiger partial charge in [0.2, 0.25) is 0 Å². The quantitative estimate of drug-likeness (QED) is 0.476. The fourth-order valence-corrected chi connectivity index (χ4v) is 2.10. The maximum absolute atomic E-state index is 11.0. The molecule has 0 radical (unpaired) electrons. The molecule has 0 aliphatic carbocycles. The van der Waals surface area contributed by atoms with E-state index in [1.807, 2.05) is 0 Å². The predicted molar refractivity (Wildman–Crippen MR) is 42.2 cm³/mol. The second-order valence-corrected chi connectivity index (χ2v) is 3.74. The second kappa shape index (κ2) is 2.71. The highest BCUT2D eigenvalue weighted by Crippen LogP contribution is 2.23. The molecule has 1 spiro atoms. The van der Waals surface area contributed by atoms with Crippen LogP contribution < -0.4 is 5.11 Å². The topological polar surface area (TPSA) is 55.7 Å². The van der Waals surface area contributed by atoms with E-state index in [9.17, 15) is 10.2 Å². The molecule has 4 heteroatoms. The molecular weight excluding hydrogens is 156 g/mol. The lowest BCUT2D eigenvalue weighted by atomic mass is 10.1. The first-order valence-corrected chi connectivity index (χ1v) is 4.53. The average molecular weight is 170 g/mol. The molecule has 1 fully saturated rings. The maximum Gasteiger partial charge on any atom is 0.138 e. The van der Waals surface area contributed by atoms with Gasteiger partial charge in [-0.15, -0.1) is 5.10 Å². The molecule has 0 aromatic rings. The van der Waals surface area contributed by atoms with Gasteiger partial charge in [-0.05, 0) is 19.3 Å². The maximum atomic E-state index is 11.0. The highest BCUT2D eigenvalue weighted by atomic mass is 16.3. The zero-order valence-corrected chi connectivity index (χ0v) is 7.07. The van der Waals surface area contributed by atoms with Crippen LogP contribution in [0, 0.1) is 0 Å². The van der Waals surface area contributed by atoms with Crippen molar-refractivity contribution < 1.29 is 14.8 Å². The Morgan fingerprint density at radius 2 is 2.00 bits per heavy atom. The van der Waals surface area contributed by atoms with Crippen LogP contribution in [0.3, 0.4) is 0 Å². The van der Waals surface area contributed by atoms with Crippen LogP contribution >= 0.6 is 0 Å². The normalized spacial score (nSPS) is 33.8. The van der Waals surface area contributed by atoms with Gasteiger partial charge in [0, 0.05) is 0 Å². The number of rotatable bonds is 0. The summed E-state index contributed by atoms with van der Waals surface area (Å²) in [5.41, 5.74) is 0. The Hall–Kier alpha value is -0.610. The van der Waals surface area contributed by atoms with Gasteiger partial charge in [0.1, 0.15) is 25.7 Å². The Kier molecular flexibility index (Phi) is 1.81. The number of aliphatic hydroxyl groups excluding tert-OH is 1. The van der Waals surface area contributed by atoms with E-state index in [2.05, 4.69) is 5.10 Å². The summed E-state index contributed by atoms with van der Waals surface area (Å²) in [5, 5.41) is 24.3. The van der Waals surface area contributed by atoms with E-state index < -0.39 is 6.10 Å².